The lowest BCUT2D eigenvalue weighted by Gasteiger charge is -2.05. The van der Waals surface area contributed by atoms with Crippen molar-refractivity contribution in [2.75, 3.05) is 5.75 Å². The van der Waals surface area contributed by atoms with Crippen molar-refractivity contribution >= 4 is 23.4 Å². The van der Waals surface area contributed by atoms with Gasteiger partial charge in [0.05, 0.1) is 11.4 Å². The quantitative estimate of drug-likeness (QED) is 0.592. The first kappa shape index (κ1) is 14.6. The predicted molar refractivity (Wildman–Crippen MR) is 86.3 cm³/mol. The van der Waals surface area contributed by atoms with Crippen LogP contribution < -0.4 is 0 Å². The zero-order valence-electron chi connectivity index (χ0n) is 12.3. The van der Waals surface area contributed by atoms with Gasteiger partial charge >= 0.3 is 5.97 Å². The van der Waals surface area contributed by atoms with Crippen LogP contribution in [0.4, 0.5) is 0 Å². The van der Waals surface area contributed by atoms with E-state index in [0.717, 1.165) is 33.2 Å². The summed E-state index contributed by atoms with van der Waals surface area (Å²) in [5, 5.41) is 14.2. The molecule has 22 heavy (non-hydrogen) atoms. The van der Waals surface area contributed by atoms with Crippen LogP contribution in [0.1, 0.15) is 11.4 Å². The van der Waals surface area contributed by atoms with Crippen LogP contribution >= 0.6 is 11.8 Å². The zero-order chi connectivity index (χ0) is 15.7. The maximum Gasteiger partial charge on any atom is 0.313 e. The van der Waals surface area contributed by atoms with Gasteiger partial charge in [-0.05, 0) is 25.5 Å². The van der Waals surface area contributed by atoms with E-state index in [1.807, 2.05) is 50.2 Å². The molecular weight excluding hydrogens is 298 g/mol. The summed E-state index contributed by atoms with van der Waals surface area (Å²) in [4.78, 5) is 15.4. The van der Waals surface area contributed by atoms with E-state index in [2.05, 4.69) is 10.1 Å². The molecule has 0 aliphatic carbocycles. The van der Waals surface area contributed by atoms with Crippen molar-refractivity contribution in [2.24, 2.45) is 0 Å². The molecule has 0 saturated heterocycles. The largest absolute Gasteiger partial charge is 0.481 e. The Morgan fingerprint density at radius 2 is 2.00 bits per heavy atom. The van der Waals surface area contributed by atoms with Crippen LogP contribution in [-0.2, 0) is 4.79 Å². The van der Waals surface area contributed by atoms with Crippen LogP contribution in [0, 0.1) is 13.8 Å². The first-order chi connectivity index (χ1) is 10.6. The van der Waals surface area contributed by atoms with Gasteiger partial charge in [0.1, 0.15) is 5.03 Å². The van der Waals surface area contributed by atoms with Gasteiger partial charge in [-0.2, -0.15) is 5.10 Å². The number of carboxylic acids is 1. The van der Waals surface area contributed by atoms with Crippen LogP contribution in [0.2, 0.25) is 0 Å². The standard InChI is InChI=1S/C16H15N3O2S/c1-10-8-13(22-9-14(20)21)19-16(17-10)15(11(2)18-19)12-6-4-3-5-7-12/h3-8H,9H2,1-2H3,(H,20,21). The minimum atomic E-state index is -0.847. The minimum Gasteiger partial charge on any atom is -0.481 e. The molecule has 0 radical (unpaired) electrons. The summed E-state index contributed by atoms with van der Waals surface area (Å²) < 4.78 is 1.73. The van der Waals surface area contributed by atoms with Gasteiger partial charge in [-0.1, -0.05) is 42.1 Å². The summed E-state index contributed by atoms with van der Waals surface area (Å²) >= 11 is 1.25. The summed E-state index contributed by atoms with van der Waals surface area (Å²) in [7, 11) is 0. The third kappa shape index (κ3) is 2.69. The van der Waals surface area contributed by atoms with Crippen molar-refractivity contribution < 1.29 is 9.90 Å². The molecule has 0 amide bonds. The number of aryl methyl sites for hydroxylation is 2. The van der Waals surface area contributed by atoms with Crippen molar-refractivity contribution in [2.45, 2.75) is 18.9 Å². The summed E-state index contributed by atoms with van der Waals surface area (Å²) in [6.45, 7) is 3.85. The normalized spacial score (nSPS) is 11.0. The highest BCUT2D eigenvalue weighted by atomic mass is 32.2. The van der Waals surface area contributed by atoms with Gasteiger partial charge in [-0.15, -0.1) is 0 Å². The Balaban J connectivity index is 2.19. The molecule has 1 aromatic carbocycles. The molecule has 2 aromatic heterocycles. The Kier molecular flexibility index (Phi) is 3.85. The van der Waals surface area contributed by atoms with E-state index in [-0.39, 0.29) is 5.75 Å². The highest BCUT2D eigenvalue weighted by Gasteiger charge is 2.16. The van der Waals surface area contributed by atoms with Crippen molar-refractivity contribution in [3.63, 3.8) is 0 Å². The topological polar surface area (TPSA) is 67.5 Å². The molecule has 5 nitrogen and oxygen atoms in total. The molecule has 0 aliphatic rings. The Labute approximate surface area is 132 Å². The second-order valence-corrected chi connectivity index (χ2v) is 5.98. The number of benzene rings is 1. The number of fused-ring (bicyclic) bond motifs is 1. The number of nitrogens with zero attached hydrogens (tertiary/aromatic N) is 3. The zero-order valence-corrected chi connectivity index (χ0v) is 13.1. The van der Waals surface area contributed by atoms with Crippen LogP contribution in [0.15, 0.2) is 41.4 Å². The highest BCUT2D eigenvalue weighted by Crippen LogP contribution is 2.30. The summed E-state index contributed by atoms with van der Waals surface area (Å²) in [5.41, 5.74) is 4.53. The summed E-state index contributed by atoms with van der Waals surface area (Å²) in [6, 6.07) is 11.8. The number of thioether (sulfide) groups is 1. The Hall–Kier alpha value is -2.34. The lowest BCUT2D eigenvalue weighted by Crippen LogP contribution is -2.02. The molecular formula is C16H15N3O2S. The van der Waals surface area contributed by atoms with Crippen molar-refractivity contribution in [3.05, 3.63) is 47.8 Å². The molecule has 112 valence electrons. The Morgan fingerprint density at radius 3 is 2.68 bits per heavy atom. The van der Waals surface area contributed by atoms with E-state index >= 15 is 0 Å². The smallest absolute Gasteiger partial charge is 0.313 e. The number of hydrogen-bond donors (Lipinski definition) is 1. The van der Waals surface area contributed by atoms with E-state index < -0.39 is 5.97 Å². The van der Waals surface area contributed by atoms with Crippen molar-refractivity contribution in [1.82, 2.24) is 14.6 Å². The lowest BCUT2D eigenvalue weighted by molar-refractivity contribution is -0.133. The van der Waals surface area contributed by atoms with E-state index in [1.165, 1.54) is 11.8 Å². The molecule has 0 atom stereocenters. The molecule has 0 aliphatic heterocycles. The van der Waals surface area contributed by atoms with Crippen molar-refractivity contribution in [3.8, 4) is 11.1 Å². The van der Waals surface area contributed by atoms with E-state index in [9.17, 15) is 4.79 Å². The third-order valence-corrected chi connectivity index (χ3v) is 4.24. The molecule has 3 rings (SSSR count). The van der Waals surface area contributed by atoms with Gasteiger partial charge in [0.2, 0.25) is 0 Å². The fourth-order valence-electron chi connectivity index (χ4n) is 2.39. The maximum atomic E-state index is 10.8. The van der Waals surface area contributed by atoms with E-state index in [4.69, 9.17) is 5.11 Å². The molecule has 6 heteroatoms. The Morgan fingerprint density at radius 1 is 1.27 bits per heavy atom. The number of aliphatic carboxylic acids is 1. The van der Waals surface area contributed by atoms with Gasteiger partial charge in [-0.3, -0.25) is 4.79 Å². The Bertz CT molecular complexity index is 843. The van der Waals surface area contributed by atoms with Crippen LogP contribution in [-0.4, -0.2) is 31.4 Å². The van der Waals surface area contributed by atoms with Gasteiger partial charge < -0.3 is 5.11 Å². The third-order valence-electron chi connectivity index (χ3n) is 3.27. The minimum absolute atomic E-state index is 0.00185. The van der Waals surface area contributed by atoms with E-state index in [1.54, 1.807) is 4.52 Å². The van der Waals surface area contributed by atoms with Gasteiger partial charge in [0.25, 0.3) is 0 Å². The molecule has 0 spiro atoms. The van der Waals surface area contributed by atoms with Gasteiger partial charge in [0.15, 0.2) is 5.65 Å². The fourth-order valence-corrected chi connectivity index (χ4v) is 3.17. The molecule has 0 fully saturated rings. The molecule has 0 unspecified atom stereocenters. The second kappa shape index (κ2) is 5.81. The molecule has 1 N–H and O–H groups in total. The second-order valence-electron chi connectivity index (χ2n) is 4.98. The first-order valence-corrected chi connectivity index (χ1v) is 7.82. The number of rotatable bonds is 4. The predicted octanol–water partition coefficient (Wildman–Crippen LogP) is 3.19. The molecule has 0 saturated carbocycles. The SMILES string of the molecule is Cc1cc(SCC(=O)O)n2nc(C)c(-c3ccccc3)c2n1. The maximum absolute atomic E-state index is 10.8. The number of aromatic nitrogens is 3. The van der Waals surface area contributed by atoms with Gasteiger partial charge in [0, 0.05) is 11.3 Å². The average molecular weight is 313 g/mol. The first-order valence-electron chi connectivity index (χ1n) is 6.83. The lowest BCUT2D eigenvalue weighted by atomic mass is 10.1. The monoisotopic (exact) mass is 313 g/mol. The van der Waals surface area contributed by atoms with Crippen molar-refractivity contribution in [1.29, 1.82) is 0 Å². The van der Waals surface area contributed by atoms with Crippen LogP contribution in [0.3, 0.4) is 0 Å². The van der Waals surface area contributed by atoms with Gasteiger partial charge in [-0.25, -0.2) is 9.50 Å². The summed E-state index contributed by atoms with van der Waals surface area (Å²) in [6.07, 6.45) is 0. The highest BCUT2D eigenvalue weighted by molar-refractivity contribution is 7.99. The number of carbonyl (C=O) groups is 1. The molecule has 0 bridgehead atoms. The van der Waals surface area contributed by atoms with Crippen LogP contribution in [0.25, 0.3) is 16.8 Å². The molecule has 2 heterocycles. The fraction of sp³-hybridized carbons (Fsp3) is 0.188. The summed E-state index contributed by atoms with van der Waals surface area (Å²) in [5.74, 6) is -0.849. The van der Waals surface area contributed by atoms with E-state index in [0.29, 0.717) is 0 Å². The number of hydrogen-bond acceptors (Lipinski definition) is 4. The van der Waals surface area contributed by atoms with Crippen LogP contribution in [0.5, 0.6) is 0 Å². The molecule has 3 aromatic rings. The average Bonchev–Trinajstić information content (AvgIpc) is 2.81. The number of carboxylic acid groups (broad SMARTS) is 1.